The minimum Gasteiger partial charge on any atom is -0.359 e. The number of hydrogen-bond acceptors (Lipinski definition) is 3. The summed E-state index contributed by atoms with van der Waals surface area (Å²) in [5, 5.41) is 0. The van der Waals surface area contributed by atoms with Crippen LogP contribution in [0, 0.1) is 5.82 Å². The Morgan fingerprint density at radius 2 is 2.29 bits per heavy atom. The molecule has 0 atom stereocenters. The molecule has 0 aliphatic carbocycles. The highest BCUT2D eigenvalue weighted by atomic mass is 19.1. The third-order valence-electron chi connectivity index (χ3n) is 1.78. The van der Waals surface area contributed by atoms with Gasteiger partial charge in [-0.15, -0.1) is 0 Å². The van der Waals surface area contributed by atoms with Crippen LogP contribution >= 0.6 is 0 Å². The monoisotopic (exact) mass is 199 g/mol. The summed E-state index contributed by atoms with van der Waals surface area (Å²) in [5.41, 5.74) is 1.21. The number of ether oxygens (including phenoxy) is 2. The number of halogens is 1. The Kier molecular flexibility index (Phi) is 4.49. The van der Waals surface area contributed by atoms with E-state index in [1.165, 1.54) is 6.07 Å². The molecule has 0 unspecified atom stereocenters. The Hall–Kier alpha value is -1.00. The predicted molar refractivity (Wildman–Crippen MR) is 50.2 cm³/mol. The average Bonchev–Trinajstić information content (AvgIpc) is 2.18. The van der Waals surface area contributed by atoms with Crippen LogP contribution in [0.4, 0.5) is 4.39 Å². The smallest absolute Gasteiger partial charge is 0.146 e. The summed E-state index contributed by atoms with van der Waals surface area (Å²) in [6, 6.07) is 1.45. The van der Waals surface area contributed by atoms with Gasteiger partial charge in [0.15, 0.2) is 0 Å². The number of aromatic nitrogens is 1. The molecule has 14 heavy (non-hydrogen) atoms. The zero-order valence-electron chi connectivity index (χ0n) is 8.42. The maximum absolute atomic E-state index is 13.2. The molecule has 78 valence electrons. The summed E-state index contributed by atoms with van der Waals surface area (Å²) < 4.78 is 23.0. The molecular weight excluding hydrogens is 185 g/mol. The lowest BCUT2D eigenvalue weighted by atomic mass is 10.2. The van der Waals surface area contributed by atoms with Crippen molar-refractivity contribution in [2.24, 2.45) is 0 Å². The molecule has 0 N–H and O–H groups in total. The summed E-state index contributed by atoms with van der Waals surface area (Å²) in [7, 11) is 1.54. The van der Waals surface area contributed by atoms with E-state index in [4.69, 9.17) is 9.47 Å². The fourth-order valence-corrected chi connectivity index (χ4v) is 1.09. The first kappa shape index (κ1) is 11.1. The second-order valence-electron chi connectivity index (χ2n) is 2.88. The lowest BCUT2D eigenvalue weighted by Crippen LogP contribution is -2.00. The third-order valence-corrected chi connectivity index (χ3v) is 1.78. The Bertz CT molecular complexity index is 291. The summed E-state index contributed by atoms with van der Waals surface area (Å²) >= 11 is 0. The maximum Gasteiger partial charge on any atom is 0.146 e. The molecule has 0 bridgehead atoms. The lowest BCUT2D eigenvalue weighted by Gasteiger charge is -2.04. The Balaban J connectivity index is 2.57. The summed E-state index contributed by atoms with van der Waals surface area (Å²) in [4.78, 5) is 3.98. The van der Waals surface area contributed by atoms with E-state index >= 15 is 0 Å². The van der Waals surface area contributed by atoms with Crippen LogP contribution in [0.5, 0.6) is 0 Å². The van der Waals surface area contributed by atoms with Crippen LogP contribution in [0.3, 0.4) is 0 Å². The standard InChI is InChI=1S/C10H14FNO2/c1-3-10-9(11)4-8(5-12-10)6-14-7-13-2/h4-5H,3,6-7H2,1-2H3. The van der Waals surface area contributed by atoms with Gasteiger partial charge in [0.05, 0.1) is 12.3 Å². The molecule has 1 heterocycles. The number of rotatable bonds is 5. The SMILES string of the molecule is CCc1ncc(COCOC)cc1F. The van der Waals surface area contributed by atoms with E-state index in [9.17, 15) is 4.39 Å². The van der Waals surface area contributed by atoms with Gasteiger partial charge in [-0.25, -0.2) is 4.39 Å². The highest BCUT2D eigenvalue weighted by Gasteiger charge is 2.02. The van der Waals surface area contributed by atoms with Gasteiger partial charge >= 0.3 is 0 Å². The van der Waals surface area contributed by atoms with Gasteiger partial charge in [-0.05, 0) is 18.1 Å². The molecule has 1 aromatic rings. The molecule has 0 aromatic carbocycles. The van der Waals surface area contributed by atoms with Gasteiger partial charge in [-0.1, -0.05) is 6.92 Å². The molecule has 0 spiro atoms. The quantitative estimate of drug-likeness (QED) is 0.536. The van der Waals surface area contributed by atoms with Gasteiger partial charge in [-0.2, -0.15) is 0 Å². The Morgan fingerprint density at radius 1 is 1.50 bits per heavy atom. The first-order valence-electron chi connectivity index (χ1n) is 4.48. The molecule has 4 heteroatoms. The van der Waals surface area contributed by atoms with Gasteiger partial charge in [0.2, 0.25) is 0 Å². The van der Waals surface area contributed by atoms with E-state index < -0.39 is 0 Å². The maximum atomic E-state index is 13.2. The van der Waals surface area contributed by atoms with Crippen LogP contribution in [0.25, 0.3) is 0 Å². The first-order chi connectivity index (χ1) is 6.77. The topological polar surface area (TPSA) is 31.4 Å². The molecule has 1 aromatic heterocycles. The molecule has 0 fully saturated rings. The van der Waals surface area contributed by atoms with Crippen LogP contribution < -0.4 is 0 Å². The van der Waals surface area contributed by atoms with Crippen LogP contribution in [-0.2, 0) is 22.5 Å². The average molecular weight is 199 g/mol. The van der Waals surface area contributed by atoms with E-state index in [2.05, 4.69) is 4.98 Å². The number of pyridine rings is 1. The molecule has 0 saturated carbocycles. The van der Waals surface area contributed by atoms with E-state index in [0.29, 0.717) is 18.7 Å². The van der Waals surface area contributed by atoms with Crippen LogP contribution in [0.1, 0.15) is 18.2 Å². The minimum absolute atomic E-state index is 0.206. The molecule has 1 rings (SSSR count). The van der Waals surface area contributed by atoms with Crippen molar-refractivity contribution >= 4 is 0 Å². The van der Waals surface area contributed by atoms with Crippen LogP contribution in [0.2, 0.25) is 0 Å². The fraction of sp³-hybridized carbons (Fsp3) is 0.500. The minimum atomic E-state index is -0.272. The van der Waals surface area contributed by atoms with Crippen molar-refractivity contribution in [1.82, 2.24) is 4.98 Å². The molecular formula is C10H14FNO2. The van der Waals surface area contributed by atoms with Crippen molar-refractivity contribution in [3.8, 4) is 0 Å². The Morgan fingerprint density at radius 3 is 2.86 bits per heavy atom. The lowest BCUT2D eigenvalue weighted by molar-refractivity contribution is -0.0392. The number of aryl methyl sites for hydroxylation is 1. The van der Waals surface area contributed by atoms with Crippen molar-refractivity contribution in [3.05, 3.63) is 29.3 Å². The number of nitrogens with zero attached hydrogens (tertiary/aromatic N) is 1. The Labute approximate surface area is 82.9 Å². The highest BCUT2D eigenvalue weighted by Crippen LogP contribution is 2.08. The zero-order valence-corrected chi connectivity index (χ0v) is 8.42. The molecule has 0 aliphatic rings. The predicted octanol–water partition coefficient (Wildman–Crippen LogP) is 1.90. The van der Waals surface area contributed by atoms with Crippen LogP contribution in [-0.4, -0.2) is 18.9 Å². The summed E-state index contributed by atoms with van der Waals surface area (Å²) in [5.74, 6) is -0.272. The summed E-state index contributed by atoms with van der Waals surface area (Å²) in [6.45, 7) is 2.39. The normalized spacial score (nSPS) is 10.5. The van der Waals surface area contributed by atoms with E-state index in [-0.39, 0.29) is 12.6 Å². The molecule has 0 amide bonds. The van der Waals surface area contributed by atoms with Gasteiger partial charge < -0.3 is 9.47 Å². The van der Waals surface area contributed by atoms with Gasteiger partial charge in [-0.3, -0.25) is 4.98 Å². The first-order valence-corrected chi connectivity index (χ1v) is 4.48. The third kappa shape index (κ3) is 3.05. The number of methoxy groups -OCH3 is 1. The second-order valence-corrected chi connectivity index (χ2v) is 2.88. The highest BCUT2D eigenvalue weighted by molar-refractivity contribution is 5.15. The van der Waals surface area contributed by atoms with Crippen molar-refractivity contribution in [3.63, 3.8) is 0 Å². The van der Waals surface area contributed by atoms with Crippen LogP contribution in [0.15, 0.2) is 12.3 Å². The van der Waals surface area contributed by atoms with Gasteiger partial charge in [0.1, 0.15) is 12.6 Å². The van der Waals surface area contributed by atoms with E-state index in [1.54, 1.807) is 13.3 Å². The second kappa shape index (κ2) is 5.67. The summed E-state index contributed by atoms with van der Waals surface area (Å²) in [6.07, 6.45) is 2.22. The largest absolute Gasteiger partial charge is 0.359 e. The van der Waals surface area contributed by atoms with Crippen molar-refractivity contribution in [2.75, 3.05) is 13.9 Å². The van der Waals surface area contributed by atoms with E-state index in [1.807, 2.05) is 6.92 Å². The van der Waals surface area contributed by atoms with Crippen molar-refractivity contribution in [1.29, 1.82) is 0 Å². The zero-order chi connectivity index (χ0) is 10.4. The molecule has 0 radical (unpaired) electrons. The molecule has 3 nitrogen and oxygen atoms in total. The van der Waals surface area contributed by atoms with Crippen molar-refractivity contribution in [2.45, 2.75) is 20.0 Å². The molecule has 0 aliphatic heterocycles. The fourth-order valence-electron chi connectivity index (χ4n) is 1.09. The van der Waals surface area contributed by atoms with Crippen molar-refractivity contribution < 1.29 is 13.9 Å². The van der Waals surface area contributed by atoms with Gasteiger partial charge in [0, 0.05) is 13.3 Å². The molecule has 0 saturated heterocycles. The van der Waals surface area contributed by atoms with E-state index in [0.717, 1.165) is 5.56 Å². The number of hydrogen-bond donors (Lipinski definition) is 0. The van der Waals surface area contributed by atoms with Gasteiger partial charge in [0.25, 0.3) is 0 Å².